The molecule has 0 aromatic heterocycles. The van der Waals surface area contributed by atoms with Crippen LogP contribution in [0.25, 0.3) is 0 Å². The smallest absolute Gasteiger partial charge is 0.186 e. The molecule has 0 atom stereocenters. The minimum Gasteiger partial charge on any atom is -0.292 e. The minimum atomic E-state index is -1.00. The Balaban J connectivity index is 2.47. The van der Waals surface area contributed by atoms with Crippen molar-refractivity contribution < 1.29 is 13.6 Å². The Hall–Kier alpha value is -1.29. The third-order valence-corrected chi connectivity index (χ3v) is 4.74. The Labute approximate surface area is 125 Å². The van der Waals surface area contributed by atoms with Gasteiger partial charge in [-0.3, -0.25) is 9.69 Å². The lowest BCUT2D eigenvalue weighted by Crippen LogP contribution is -2.53. The summed E-state index contributed by atoms with van der Waals surface area (Å²) in [7, 11) is 0. The summed E-state index contributed by atoms with van der Waals surface area (Å²) in [6, 6.07) is 2.91. The van der Waals surface area contributed by atoms with Gasteiger partial charge in [-0.1, -0.05) is 32.8 Å². The van der Waals surface area contributed by atoms with E-state index in [9.17, 15) is 13.6 Å². The van der Waals surface area contributed by atoms with Gasteiger partial charge < -0.3 is 0 Å². The van der Waals surface area contributed by atoms with Crippen LogP contribution in [0.1, 0.15) is 55.5 Å². The Bertz CT molecular complexity index is 532. The molecule has 0 bridgehead atoms. The highest BCUT2D eigenvalue weighted by molar-refractivity contribution is 6.03. The van der Waals surface area contributed by atoms with Gasteiger partial charge in [-0.2, -0.15) is 0 Å². The highest BCUT2D eigenvalue weighted by atomic mass is 19.2. The predicted octanol–water partition coefficient (Wildman–Crippen LogP) is 4.11. The molecule has 4 heteroatoms. The zero-order valence-corrected chi connectivity index (χ0v) is 13.0. The second-order valence-electron chi connectivity index (χ2n) is 5.80. The number of nitrogens with zero attached hydrogens (tertiary/aromatic N) is 1. The number of likely N-dealkylation sites (N-methyl/N-ethyl adjacent to an activating group) is 1. The first-order valence-electron chi connectivity index (χ1n) is 7.72. The Morgan fingerprint density at radius 2 is 1.71 bits per heavy atom. The molecule has 0 unspecified atom stereocenters. The van der Waals surface area contributed by atoms with E-state index in [1.807, 2.05) is 13.8 Å². The number of carbonyl (C=O) groups excluding carboxylic acids is 1. The average Bonchev–Trinajstić information content (AvgIpc) is 2.96. The second-order valence-corrected chi connectivity index (χ2v) is 5.80. The van der Waals surface area contributed by atoms with E-state index in [-0.39, 0.29) is 16.9 Å². The van der Waals surface area contributed by atoms with Crippen LogP contribution in [0.3, 0.4) is 0 Å². The molecule has 0 aliphatic heterocycles. The highest BCUT2D eigenvalue weighted by Crippen LogP contribution is 2.38. The fourth-order valence-electron chi connectivity index (χ4n) is 3.55. The van der Waals surface area contributed by atoms with Crippen LogP contribution in [0.15, 0.2) is 12.1 Å². The van der Waals surface area contributed by atoms with Gasteiger partial charge in [-0.05, 0) is 44.5 Å². The molecule has 1 aromatic rings. The number of Topliss-reactive ketones (excluding diaryl/α,β-unsaturated/α-hetero) is 1. The third kappa shape index (κ3) is 2.61. The molecular weight excluding hydrogens is 272 g/mol. The van der Waals surface area contributed by atoms with E-state index in [1.54, 1.807) is 0 Å². The van der Waals surface area contributed by atoms with Crippen molar-refractivity contribution in [1.29, 1.82) is 0 Å². The number of halogens is 2. The first kappa shape index (κ1) is 16.1. The van der Waals surface area contributed by atoms with Crippen LogP contribution in [0, 0.1) is 18.6 Å². The number of rotatable bonds is 5. The van der Waals surface area contributed by atoms with Gasteiger partial charge >= 0.3 is 0 Å². The van der Waals surface area contributed by atoms with Crippen molar-refractivity contribution in [2.45, 2.75) is 52.0 Å². The van der Waals surface area contributed by atoms with Crippen LogP contribution in [0.5, 0.6) is 0 Å². The summed E-state index contributed by atoms with van der Waals surface area (Å²) in [5, 5.41) is 0. The van der Waals surface area contributed by atoms with E-state index in [2.05, 4.69) is 4.90 Å². The maximum absolute atomic E-state index is 14.2. The predicted molar refractivity (Wildman–Crippen MR) is 79.5 cm³/mol. The normalized spacial score (nSPS) is 17.4. The molecule has 2 nitrogen and oxygen atoms in total. The summed E-state index contributed by atoms with van der Waals surface area (Å²) < 4.78 is 28.0. The maximum Gasteiger partial charge on any atom is 0.186 e. The van der Waals surface area contributed by atoms with Crippen LogP contribution in [0.2, 0.25) is 0 Å². The third-order valence-electron chi connectivity index (χ3n) is 4.74. The van der Waals surface area contributed by atoms with E-state index < -0.39 is 17.2 Å². The summed E-state index contributed by atoms with van der Waals surface area (Å²) in [5.41, 5.74) is -0.536. The van der Waals surface area contributed by atoms with Gasteiger partial charge in [0, 0.05) is 0 Å². The van der Waals surface area contributed by atoms with Crippen molar-refractivity contribution in [1.82, 2.24) is 4.90 Å². The number of carbonyl (C=O) groups is 1. The number of aryl methyl sites for hydroxylation is 1. The monoisotopic (exact) mass is 295 g/mol. The largest absolute Gasteiger partial charge is 0.292 e. The van der Waals surface area contributed by atoms with Crippen molar-refractivity contribution >= 4 is 5.78 Å². The molecule has 0 heterocycles. The summed E-state index contributed by atoms with van der Waals surface area (Å²) in [6.45, 7) is 6.98. The Morgan fingerprint density at radius 1 is 1.14 bits per heavy atom. The van der Waals surface area contributed by atoms with Gasteiger partial charge in [-0.15, -0.1) is 0 Å². The van der Waals surface area contributed by atoms with Crippen molar-refractivity contribution in [2.75, 3.05) is 13.1 Å². The van der Waals surface area contributed by atoms with E-state index in [4.69, 9.17) is 0 Å². The van der Waals surface area contributed by atoms with Gasteiger partial charge in [0.2, 0.25) is 0 Å². The molecule has 0 saturated heterocycles. The van der Waals surface area contributed by atoms with Gasteiger partial charge in [-0.25, -0.2) is 8.78 Å². The Kier molecular flexibility index (Phi) is 4.77. The molecular formula is C17H23F2NO. The van der Waals surface area contributed by atoms with Gasteiger partial charge in [0.1, 0.15) is 0 Å². The molecule has 0 spiro atoms. The lowest BCUT2D eigenvalue weighted by molar-refractivity contribution is 0.0579. The zero-order chi connectivity index (χ0) is 15.6. The summed E-state index contributed by atoms with van der Waals surface area (Å²) in [4.78, 5) is 15.1. The van der Waals surface area contributed by atoms with E-state index in [1.165, 1.54) is 19.1 Å². The first-order valence-corrected chi connectivity index (χ1v) is 7.72. The van der Waals surface area contributed by atoms with Crippen molar-refractivity contribution in [2.24, 2.45) is 0 Å². The van der Waals surface area contributed by atoms with Gasteiger partial charge in [0.15, 0.2) is 17.4 Å². The molecule has 1 aliphatic carbocycles. The zero-order valence-electron chi connectivity index (χ0n) is 13.0. The minimum absolute atomic E-state index is 0.105. The highest BCUT2D eigenvalue weighted by Gasteiger charge is 2.46. The molecule has 116 valence electrons. The molecule has 0 amide bonds. The van der Waals surface area contributed by atoms with Crippen molar-refractivity contribution in [3.8, 4) is 0 Å². The molecule has 2 rings (SSSR count). The van der Waals surface area contributed by atoms with Gasteiger partial charge in [0.05, 0.1) is 11.1 Å². The quantitative estimate of drug-likeness (QED) is 0.762. The lowest BCUT2D eigenvalue weighted by Gasteiger charge is -2.39. The molecule has 0 radical (unpaired) electrons. The van der Waals surface area contributed by atoms with Crippen molar-refractivity contribution in [3.63, 3.8) is 0 Å². The van der Waals surface area contributed by atoms with Crippen LogP contribution >= 0.6 is 0 Å². The topological polar surface area (TPSA) is 20.3 Å². The Morgan fingerprint density at radius 3 is 2.24 bits per heavy atom. The summed E-state index contributed by atoms with van der Waals surface area (Å²) >= 11 is 0. The van der Waals surface area contributed by atoms with Crippen LogP contribution < -0.4 is 0 Å². The second kappa shape index (κ2) is 6.22. The van der Waals surface area contributed by atoms with E-state index in [0.29, 0.717) is 0 Å². The summed E-state index contributed by atoms with van der Waals surface area (Å²) in [5.74, 6) is -2.17. The molecule has 1 aliphatic rings. The average molecular weight is 295 g/mol. The molecule has 0 N–H and O–H groups in total. The fraction of sp³-hybridized carbons (Fsp3) is 0.588. The first-order chi connectivity index (χ1) is 9.97. The van der Waals surface area contributed by atoms with Gasteiger partial charge in [0.25, 0.3) is 0 Å². The van der Waals surface area contributed by atoms with Crippen molar-refractivity contribution in [3.05, 3.63) is 34.9 Å². The van der Waals surface area contributed by atoms with E-state index >= 15 is 0 Å². The SMILES string of the molecule is CCN(CC)C1(C(=O)c2ccc(C)c(F)c2F)CCCC1. The fourth-order valence-corrected chi connectivity index (χ4v) is 3.55. The lowest BCUT2D eigenvalue weighted by atomic mass is 9.85. The molecule has 1 fully saturated rings. The molecule has 1 aromatic carbocycles. The molecule has 21 heavy (non-hydrogen) atoms. The number of ketones is 1. The van der Waals surface area contributed by atoms with E-state index in [0.717, 1.165) is 38.8 Å². The van der Waals surface area contributed by atoms with Crippen LogP contribution in [0.4, 0.5) is 8.78 Å². The molecule has 1 saturated carbocycles. The van der Waals surface area contributed by atoms with Crippen LogP contribution in [-0.2, 0) is 0 Å². The summed E-state index contributed by atoms with van der Waals surface area (Å²) in [6.07, 6.45) is 3.36. The number of hydrogen-bond donors (Lipinski definition) is 0. The standard InChI is InChI=1S/C17H23F2NO/c1-4-20(5-2)17(10-6-7-11-17)16(21)13-9-8-12(3)14(18)15(13)19/h8-9H,4-7,10-11H2,1-3H3. The number of benzene rings is 1. The maximum atomic E-state index is 14.2. The van der Waals surface area contributed by atoms with Crippen LogP contribution in [-0.4, -0.2) is 29.3 Å². The number of hydrogen-bond acceptors (Lipinski definition) is 2.